The van der Waals surface area contributed by atoms with E-state index in [0.717, 1.165) is 37.4 Å². The molecule has 4 nitrogen and oxygen atoms in total. The molecule has 0 atom stereocenters. The van der Waals surface area contributed by atoms with Crippen LogP contribution in [-0.4, -0.2) is 23.2 Å². The molecule has 0 unspecified atom stereocenters. The Morgan fingerprint density at radius 2 is 1.95 bits per heavy atom. The predicted molar refractivity (Wildman–Crippen MR) is 78.4 cm³/mol. The summed E-state index contributed by atoms with van der Waals surface area (Å²) in [5, 5.41) is 7.48. The second-order valence-corrected chi connectivity index (χ2v) is 5.46. The highest BCUT2D eigenvalue weighted by molar-refractivity contribution is 5.54. The van der Waals surface area contributed by atoms with Gasteiger partial charge in [-0.25, -0.2) is 0 Å². The molecule has 1 aliphatic heterocycles. The molecule has 4 heteroatoms. The van der Waals surface area contributed by atoms with Gasteiger partial charge in [-0.05, 0) is 43.8 Å². The summed E-state index contributed by atoms with van der Waals surface area (Å²) in [6.45, 7) is 4.36. The van der Waals surface area contributed by atoms with E-state index in [0.29, 0.717) is 11.7 Å². The average Bonchev–Trinajstić information content (AvgIpc) is 2.97. The third-order valence-electron chi connectivity index (χ3n) is 4.01. The van der Waals surface area contributed by atoms with Gasteiger partial charge in [-0.1, -0.05) is 36.3 Å². The van der Waals surface area contributed by atoms with Crippen molar-refractivity contribution in [3.63, 3.8) is 0 Å². The van der Waals surface area contributed by atoms with Crippen molar-refractivity contribution in [2.45, 2.75) is 32.6 Å². The van der Waals surface area contributed by atoms with Gasteiger partial charge in [0, 0.05) is 12.0 Å². The number of piperidine rings is 1. The van der Waals surface area contributed by atoms with Crippen molar-refractivity contribution >= 4 is 0 Å². The maximum absolute atomic E-state index is 5.40. The van der Waals surface area contributed by atoms with Gasteiger partial charge in [0.25, 0.3) is 0 Å². The minimum atomic E-state index is 0.673. The first-order chi connectivity index (χ1) is 9.85. The lowest BCUT2D eigenvalue weighted by atomic mass is 9.95. The lowest BCUT2D eigenvalue weighted by Crippen LogP contribution is -2.28. The number of aromatic nitrogens is 2. The Labute approximate surface area is 119 Å². The topological polar surface area (TPSA) is 51.0 Å². The summed E-state index contributed by atoms with van der Waals surface area (Å²) in [6, 6.07) is 8.38. The first kappa shape index (κ1) is 13.3. The Bertz CT molecular complexity index is 541. The highest BCUT2D eigenvalue weighted by Crippen LogP contribution is 2.20. The molecule has 1 saturated heterocycles. The predicted octanol–water partition coefficient (Wildman–Crippen LogP) is 2.84. The normalized spacial score (nSPS) is 16.4. The van der Waals surface area contributed by atoms with E-state index in [2.05, 4.69) is 46.6 Å². The van der Waals surface area contributed by atoms with Crippen LogP contribution in [0.5, 0.6) is 0 Å². The Hall–Kier alpha value is -1.68. The molecule has 0 bridgehead atoms. The summed E-state index contributed by atoms with van der Waals surface area (Å²) < 4.78 is 5.40. The number of benzene rings is 1. The Morgan fingerprint density at radius 1 is 1.20 bits per heavy atom. The first-order valence-corrected chi connectivity index (χ1v) is 7.47. The molecule has 1 aliphatic rings. The molecule has 2 heterocycles. The summed E-state index contributed by atoms with van der Waals surface area (Å²) in [5.74, 6) is 2.15. The summed E-state index contributed by atoms with van der Waals surface area (Å²) in [4.78, 5) is 4.53. The lowest BCUT2D eigenvalue weighted by Gasteiger charge is -2.20. The van der Waals surface area contributed by atoms with Crippen LogP contribution in [0.2, 0.25) is 0 Å². The fourth-order valence-corrected chi connectivity index (χ4v) is 2.68. The molecule has 1 aromatic heterocycles. The maximum Gasteiger partial charge on any atom is 0.227 e. The molecule has 106 valence electrons. The van der Waals surface area contributed by atoms with E-state index in [-0.39, 0.29) is 0 Å². The third kappa shape index (κ3) is 3.07. The molecule has 2 aromatic rings. The summed E-state index contributed by atoms with van der Waals surface area (Å²) >= 11 is 0. The summed E-state index contributed by atoms with van der Waals surface area (Å²) in [7, 11) is 0. The Morgan fingerprint density at radius 3 is 2.65 bits per heavy atom. The zero-order chi connectivity index (χ0) is 13.8. The van der Waals surface area contributed by atoms with Gasteiger partial charge in [0.1, 0.15) is 0 Å². The van der Waals surface area contributed by atoms with Crippen molar-refractivity contribution in [3.8, 4) is 11.4 Å². The molecule has 0 amide bonds. The summed E-state index contributed by atoms with van der Waals surface area (Å²) in [5.41, 5.74) is 2.36. The van der Waals surface area contributed by atoms with Crippen molar-refractivity contribution in [1.29, 1.82) is 0 Å². The molecule has 0 radical (unpaired) electrons. The molecule has 0 spiro atoms. The van der Waals surface area contributed by atoms with E-state index >= 15 is 0 Å². The quantitative estimate of drug-likeness (QED) is 0.929. The minimum absolute atomic E-state index is 0.673. The van der Waals surface area contributed by atoms with Crippen LogP contribution in [0.3, 0.4) is 0 Å². The van der Waals surface area contributed by atoms with E-state index in [1.807, 2.05) is 0 Å². The van der Waals surface area contributed by atoms with Crippen LogP contribution in [0.25, 0.3) is 11.4 Å². The van der Waals surface area contributed by atoms with E-state index in [1.54, 1.807) is 0 Å². The fraction of sp³-hybridized carbons (Fsp3) is 0.500. The minimum Gasteiger partial charge on any atom is -0.339 e. The van der Waals surface area contributed by atoms with Gasteiger partial charge in [0.05, 0.1) is 0 Å². The van der Waals surface area contributed by atoms with Crippen molar-refractivity contribution in [3.05, 3.63) is 35.7 Å². The van der Waals surface area contributed by atoms with E-state index in [1.165, 1.54) is 18.4 Å². The molecular weight excluding hydrogens is 250 g/mol. The van der Waals surface area contributed by atoms with Crippen molar-refractivity contribution in [2.24, 2.45) is 5.92 Å². The fourth-order valence-electron chi connectivity index (χ4n) is 2.68. The van der Waals surface area contributed by atoms with Crippen LogP contribution in [0.1, 0.15) is 31.2 Å². The van der Waals surface area contributed by atoms with Crippen LogP contribution in [0.4, 0.5) is 0 Å². The van der Waals surface area contributed by atoms with Crippen LogP contribution in [0.15, 0.2) is 28.8 Å². The lowest BCUT2D eigenvalue weighted by molar-refractivity contribution is 0.313. The van der Waals surface area contributed by atoms with Gasteiger partial charge in [0.2, 0.25) is 11.7 Å². The number of aryl methyl sites for hydroxylation is 1. The van der Waals surface area contributed by atoms with Crippen LogP contribution >= 0.6 is 0 Å². The van der Waals surface area contributed by atoms with Gasteiger partial charge in [-0.3, -0.25) is 0 Å². The average molecular weight is 271 g/mol. The van der Waals surface area contributed by atoms with E-state index in [4.69, 9.17) is 4.52 Å². The van der Waals surface area contributed by atoms with Gasteiger partial charge in [0.15, 0.2) is 0 Å². The second-order valence-electron chi connectivity index (χ2n) is 5.46. The van der Waals surface area contributed by atoms with Crippen LogP contribution in [-0.2, 0) is 12.8 Å². The molecule has 1 N–H and O–H groups in total. The number of nitrogens with one attached hydrogen (secondary N) is 1. The van der Waals surface area contributed by atoms with Crippen molar-refractivity contribution in [1.82, 2.24) is 15.5 Å². The van der Waals surface area contributed by atoms with E-state index < -0.39 is 0 Å². The van der Waals surface area contributed by atoms with Crippen molar-refractivity contribution in [2.75, 3.05) is 13.1 Å². The number of hydrogen-bond acceptors (Lipinski definition) is 4. The highest BCUT2D eigenvalue weighted by Gasteiger charge is 2.17. The van der Waals surface area contributed by atoms with Crippen molar-refractivity contribution < 1.29 is 4.52 Å². The van der Waals surface area contributed by atoms with Gasteiger partial charge in [-0.15, -0.1) is 0 Å². The van der Waals surface area contributed by atoms with Crippen LogP contribution < -0.4 is 5.32 Å². The Kier molecular flexibility index (Phi) is 4.11. The largest absolute Gasteiger partial charge is 0.339 e. The van der Waals surface area contributed by atoms with Gasteiger partial charge in [-0.2, -0.15) is 4.98 Å². The van der Waals surface area contributed by atoms with Crippen LogP contribution in [0, 0.1) is 5.92 Å². The monoisotopic (exact) mass is 271 g/mol. The highest BCUT2D eigenvalue weighted by atomic mass is 16.5. The zero-order valence-corrected chi connectivity index (χ0v) is 11.9. The molecule has 0 aliphatic carbocycles. The van der Waals surface area contributed by atoms with E-state index in [9.17, 15) is 0 Å². The number of hydrogen-bond donors (Lipinski definition) is 1. The number of nitrogens with zero attached hydrogens (tertiary/aromatic N) is 2. The third-order valence-corrected chi connectivity index (χ3v) is 4.01. The molecule has 1 aromatic carbocycles. The Balaban J connectivity index is 1.68. The smallest absolute Gasteiger partial charge is 0.227 e. The molecule has 20 heavy (non-hydrogen) atoms. The summed E-state index contributed by atoms with van der Waals surface area (Å²) in [6.07, 6.45) is 4.35. The van der Waals surface area contributed by atoms with Gasteiger partial charge < -0.3 is 9.84 Å². The molecular formula is C16H21N3O. The standard InChI is InChI=1S/C16H21N3O/c1-2-12-3-5-14(6-4-12)16-18-15(20-19-16)11-13-7-9-17-10-8-13/h3-6,13,17H,2,7-11H2,1H3. The van der Waals surface area contributed by atoms with Gasteiger partial charge >= 0.3 is 0 Å². The first-order valence-electron chi connectivity index (χ1n) is 7.47. The molecule has 1 fully saturated rings. The second kappa shape index (κ2) is 6.18. The maximum atomic E-state index is 5.40. The molecule has 3 rings (SSSR count). The molecule has 0 saturated carbocycles. The number of rotatable bonds is 4. The zero-order valence-electron chi connectivity index (χ0n) is 11.9. The SMILES string of the molecule is CCc1ccc(-c2noc(CC3CCNCC3)n2)cc1.